The molecular formula is C5H6N2OS. The van der Waals surface area contributed by atoms with Crippen molar-refractivity contribution in [3.8, 4) is 6.07 Å². The Morgan fingerprint density at radius 3 is 3.11 bits per heavy atom. The molecule has 3 nitrogen and oxygen atoms in total. The van der Waals surface area contributed by atoms with Crippen LogP contribution in [0.4, 0.5) is 4.79 Å². The summed E-state index contributed by atoms with van der Waals surface area (Å²) in [4.78, 5) is 12.2. The van der Waals surface area contributed by atoms with Crippen molar-refractivity contribution < 1.29 is 4.79 Å². The van der Waals surface area contributed by atoms with Gasteiger partial charge in [0, 0.05) is 12.3 Å². The molecule has 1 heterocycles. The molecule has 1 amide bonds. The SMILES string of the molecule is N#CCN1CCSC1=O. The highest BCUT2D eigenvalue weighted by Gasteiger charge is 2.19. The van der Waals surface area contributed by atoms with Gasteiger partial charge in [0.15, 0.2) is 0 Å². The Kier molecular flexibility index (Phi) is 1.96. The van der Waals surface area contributed by atoms with E-state index >= 15 is 0 Å². The van der Waals surface area contributed by atoms with E-state index in [1.54, 1.807) is 4.90 Å². The number of rotatable bonds is 1. The van der Waals surface area contributed by atoms with Crippen LogP contribution in [0.1, 0.15) is 0 Å². The minimum Gasteiger partial charge on any atom is -0.319 e. The fourth-order valence-corrected chi connectivity index (χ4v) is 1.48. The van der Waals surface area contributed by atoms with E-state index in [4.69, 9.17) is 5.26 Å². The molecule has 1 rings (SSSR count). The minimum absolute atomic E-state index is 0.0385. The van der Waals surface area contributed by atoms with Gasteiger partial charge < -0.3 is 4.90 Å². The van der Waals surface area contributed by atoms with Crippen LogP contribution < -0.4 is 0 Å². The lowest BCUT2D eigenvalue weighted by molar-refractivity contribution is 0.235. The van der Waals surface area contributed by atoms with Gasteiger partial charge in [-0.05, 0) is 0 Å². The molecule has 0 aliphatic carbocycles. The number of hydrogen-bond donors (Lipinski definition) is 0. The van der Waals surface area contributed by atoms with Gasteiger partial charge in [-0.1, -0.05) is 11.8 Å². The van der Waals surface area contributed by atoms with Gasteiger partial charge in [0.25, 0.3) is 5.24 Å². The predicted octanol–water partition coefficient (Wildman–Crippen LogP) is 0.679. The fraction of sp³-hybridized carbons (Fsp3) is 0.600. The van der Waals surface area contributed by atoms with Crippen molar-refractivity contribution in [2.24, 2.45) is 0 Å². The Balaban J connectivity index is 2.42. The highest BCUT2D eigenvalue weighted by Crippen LogP contribution is 2.15. The summed E-state index contributed by atoms with van der Waals surface area (Å²) in [5.74, 6) is 0.834. The Hall–Kier alpha value is -0.690. The second kappa shape index (κ2) is 2.74. The van der Waals surface area contributed by atoms with E-state index in [1.807, 2.05) is 6.07 Å². The monoisotopic (exact) mass is 142 g/mol. The summed E-state index contributed by atoms with van der Waals surface area (Å²) in [5.41, 5.74) is 0. The molecule has 0 N–H and O–H groups in total. The van der Waals surface area contributed by atoms with Crippen molar-refractivity contribution in [3.05, 3.63) is 0 Å². The summed E-state index contributed by atoms with van der Waals surface area (Å²) >= 11 is 1.28. The van der Waals surface area contributed by atoms with Crippen LogP contribution in [-0.4, -0.2) is 29.0 Å². The lowest BCUT2D eigenvalue weighted by Gasteiger charge is -2.06. The second-order valence-electron chi connectivity index (χ2n) is 1.69. The van der Waals surface area contributed by atoms with E-state index < -0.39 is 0 Å². The van der Waals surface area contributed by atoms with Gasteiger partial charge in [-0.2, -0.15) is 5.26 Å². The zero-order valence-electron chi connectivity index (χ0n) is 4.83. The van der Waals surface area contributed by atoms with Gasteiger partial charge in [0.1, 0.15) is 6.54 Å². The first-order valence-electron chi connectivity index (χ1n) is 2.63. The van der Waals surface area contributed by atoms with Crippen LogP contribution in [0.5, 0.6) is 0 Å². The summed E-state index contributed by atoms with van der Waals surface area (Å²) < 4.78 is 0. The van der Waals surface area contributed by atoms with Gasteiger partial charge in [-0.15, -0.1) is 0 Å². The molecule has 1 fully saturated rings. The number of nitrogens with zero attached hydrogens (tertiary/aromatic N) is 2. The number of carbonyl (C=O) groups is 1. The van der Waals surface area contributed by atoms with Crippen LogP contribution in [0, 0.1) is 11.3 Å². The van der Waals surface area contributed by atoms with E-state index in [0.717, 1.165) is 12.3 Å². The normalized spacial score (nSPS) is 18.1. The predicted molar refractivity (Wildman–Crippen MR) is 35.0 cm³/mol. The average molecular weight is 142 g/mol. The first-order valence-corrected chi connectivity index (χ1v) is 3.62. The van der Waals surface area contributed by atoms with Gasteiger partial charge in [-0.3, -0.25) is 4.79 Å². The molecule has 4 heteroatoms. The van der Waals surface area contributed by atoms with Crippen molar-refractivity contribution in [1.29, 1.82) is 5.26 Å². The number of amides is 1. The number of nitriles is 1. The standard InChI is InChI=1S/C5H6N2OS/c6-1-2-7-3-4-9-5(7)8/h2-4H2. The first-order chi connectivity index (χ1) is 4.34. The van der Waals surface area contributed by atoms with Crippen LogP contribution in [-0.2, 0) is 0 Å². The highest BCUT2D eigenvalue weighted by molar-refractivity contribution is 8.13. The summed E-state index contributed by atoms with van der Waals surface area (Å²) in [6, 6.07) is 1.93. The molecule has 1 aliphatic rings. The zero-order chi connectivity index (χ0) is 6.69. The van der Waals surface area contributed by atoms with Crippen molar-refractivity contribution in [2.45, 2.75) is 0 Å². The van der Waals surface area contributed by atoms with E-state index in [2.05, 4.69) is 0 Å². The molecule has 1 saturated heterocycles. The molecule has 0 saturated carbocycles. The summed E-state index contributed by atoms with van der Waals surface area (Å²) in [7, 11) is 0. The Morgan fingerprint density at radius 2 is 2.67 bits per heavy atom. The quantitative estimate of drug-likeness (QED) is 0.506. The lowest BCUT2D eigenvalue weighted by atomic mass is 10.6. The van der Waals surface area contributed by atoms with Gasteiger partial charge >= 0.3 is 0 Å². The van der Waals surface area contributed by atoms with Crippen molar-refractivity contribution in [1.82, 2.24) is 4.90 Å². The van der Waals surface area contributed by atoms with Crippen LogP contribution in [0.2, 0.25) is 0 Å². The molecule has 1 aliphatic heterocycles. The first kappa shape index (κ1) is 6.43. The third-order valence-corrected chi connectivity index (χ3v) is 2.00. The molecule has 0 spiro atoms. The Labute approximate surface area is 57.6 Å². The topological polar surface area (TPSA) is 44.1 Å². The molecule has 9 heavy (non-hydrogen) atoms. The van der Waals surface area contributed by atoms with Gasteiger partial charge in [0.05, 0.1) is 6.07 Å². The van der Waals surface area contributed by atoms with Crippen LogP contribution >= 0.6 is 11.8 Å². The molecule has 0 aromatic rings. The maximum absolute atomic E-state index is 10.7. The maximum atomic E-state index is 10.7. The molecule has 48 valence electrons. The van der Waals surface area contributed by atoms with Gasteiger partial charge in [0.2, 0.25) is 0 Å². The smallest absolute Gasteiger partial charge is 0.282 e. The highest BCUT2D eigenvalue weighted by atomic mass is 32.2. The van der Waals surface area contributed by atoms with E-state index in [1.165, 1.54) is 11.8 Å². The zero-order valence-corrected chi connectivity index (χ0v) is 5.65. The van der Waals surface area contributed by atoms with E-state index in [9.17, 15) is 4.79 Å². The minimum atomic E-state index is 0.0385. The molecule has 0 radical (unpaired) electrons. The molecule has 0 unspecified atom stereocenters. The number of thioether (sulfide) groups is 1. The maximum Gasteiger partial charge on any atom is 0.282 e. The van der Waals surface area contributed by atoms with Crippen molar-refractivity contribution in [3.63, 3.8) is 0 Å². The molecule has 0 aromatic heterocycles. The summed E-state index contributed by atoms with van der Waals surface area (Å²) in [5, 5.41) is 8.23. The van der Waals surface area contributed by atoms with Crippen LogP contribution in [0.15, 0.2) is 0 Å². The lowest BCUT2D eigenvalue weighted by Crippen LogP contribution is -2.22. The largest absolute Gasteiger partial charge is 0.319 e. The number of hydrogen-bond acceptors (Lipinski definition) is 3. The fourth-order valence-electron chi connectivity index (χ4n) is 0.655. The molecule has 0 atom stereocenters. The van der Waals surface area contributed by atoms with Gasteiger partial charge in [-0.25, -0.2) is 0 Å². The van der Waals surface area contributed by atoms with Crippen LogP contribution in [0.3, 0.4) is 0 Å². The molecule has 0 bridgehead atoms. The Morgan fingerprint density at radius 1 is 1.89 bits per heavy atom. The molecular weight excluding hydrogens is 136 g/mol. The summed E-state index contributed by atoms with van der Waals surface area (Å²) in [6.45, 7) is 0.975. The third-order valence-electron chi connectivity index (χ3n) is 1.11. The van der Waals surface area contributed by atoms with Crippen molar-refractivity contribution >= 4 is 17.0 Å². The third kappa shape index (κ3) is 1.36. The second-order valence-corrected chi connectivity index (χ2v) is 2.74. The Bertz CT molecular complexity index is 163. The number of carbonyl (C=O) groups excluding carboxylic acids is 1. The average Bonchev–Trinajstić information content (AvgIpc) is 2.18. The van der Waals surface area contributed by atoms with Crippen molar-refractivity contribution in [2.75, 3.05) is 18.8 Å². The summed E-state index contributed by atoms with van der Waals surface area (Å²) in [6.07, 6.45) is 0. The van der Waals surface area contributed by atoms with E-state index in [0.29, 0.717) is 0 Å². The van der Waals surface area contributed by atoms with E-state index in [-0.39, 0.29) is 11.8 Å². The molecule has 0 aromatic carbocycles. The van der Waals surface area contributed by atoms with Crippen LogP contribution in [0.25, 0.3) is 0 Å².